The molecule has 4 rings (SSSR count). The molecule has 2 N–H and O–H groups in total. The lowest BCUT2D eigenvalue weighted by molar-refractivity contribution is -0.133. The van der Waals surface area contributed by atoms with E-state index in [1.165, 1.54) is 46.5 Å². The summed E-state index contributed by atoms with van der Waals surface area (Å²) in [7, 11) is 0. The van der Waals surface area contributed by atoms with Gasteiger partial charge in [-0.1, -0.05) is 54.6 Å². The van der Waals surface area contributed by atoms with Gasteiger partial charge in [-0.3, -0.25) is 4.79 Å². The van der Waals surface area contributed by atoms with E-state index < -0.39 is 5.97 Å². The molecule has 1 saturated carbocycles. The van der Waals surface area contributed by atoms with Crippen LogP contribution in [0.15, 0.2) is 71.6 Å². The Kier molecular flexibility index (Phi) is 6.22. The number of thioether (sulfide) groups is 1. The van der Waals surface area contributed by atoms with E-state index in [4.69, 9.17) is 5.11 Å². The molecule has 0 radical (unpaired) electrons. The van der Waals surface area contributed by atoms with Crippen LogP contribution in [-0.4, -0.2) is 22.9 Å². The first-order chi connectivity index (χ1) is 14.1. The van der Waals surface area contributed by atoms with Crippen molar-refractivity contribution in [1.82, 2.24) is 5.32 Å². The predicted octanol–water partition coefficient (Wildman–Crippen LogP) is 6.00. The molecule has 0 bridgehead atoms. The van der Waals surface area contributed by atoms with Gasteiger partial charge in [-0.2, -0.15) is 0 Å². The molecule has 150 valence electrons. The number of hydrogen-bond donors (Lipinski definition) is 2. The van der Waals surface area contributed by atoms with Crippen molar-refractivity contribution in [2.45, 2.75) is 49.1 Å². The molecule has 0 aliphatic heterocycles. The lowest BCUT2D eigenvalue weighted by atomic mass is 9.97. The van der Waals surface area contributed by atoms with Crippen LogP contribution >= 0.6 is 11.8 Å². The van der Waals surface area contributed by atoms with E-state index >= 15 is 0 Å². The number of hydrogen-bond acceptors (Lipinski definition) is 3. The highest BCUT2D eigenvalue weighted by atomic mass is 32.2. The molecule has 1 aliphatic rings. The molecule has 0 amide bonds. The maximum absolute atomic E-state index is 10.7. The first kappa shape index (κ1) is 20.0. The molecule has 0 heterocycles. The van der Waals surface area contributed by atoms with Crippen LogP contribution in [0.3, 0.4) is 0 Å². The molecule has 3 aromatic carbocycles. The smallest absolute Gasteiger partial charge is 0.313 e. The molecule has 0 saturated heterocycles. The number of nitrogens with one attached hydrogen (secondary N) is 1. The highest BCUT2D eigenvalue weighted by Gasteiger charge is 2.27. The largest absolute Gasteiger partial charge is 0.481 e. The Bertz CT molecular complexity index is 980. The van der Waals surface area contributed by atoms with E-state index in [2.05, 4.69) is 79.0 Å². The lowest BCUT2D eigenvalue weighted by Crippen LogP contribution is -2.29. The molecule has 2 unspecified atom stereocenters. The third kappa shape index (κ3) is 4.82. The normalized spacial score (nSPS) is 20.0. The summed E-state index contributed by atoms with van der Waals surface area (Å²) in [4.78, 5) is 11.7. The second-order valence-electron chi connectivity index (χ2n) is 7.92. The fourth-order valence-corrected chi connectivity index (χ4v) is 5.11. The Labute approximate surface area is 176 Å². The van der Waals surface area contributed by atoms with Gasteiger partial charge in [-0.15, -0.1) is 11.8 Å². The Morgan fingerprint density at radius 1 is 1.07 bits per heavy atom. The number of carbonyl (C=O) groups is 1. The summed E-state index contributed by atoms with van der Waals surface area (Å²) >= 11 is 1.38. The van der Waals surface area contributed by atoms with Crippen molar-refractivity contribution in [3.8, 4) is 0 Å². The quantitative estimate of drug-likeness (QED) is 0.473. The molecular formula is C25H27NO2S. The van der Waals surface area contributed by atoms with Crippen LogP contribution in [0.1, 0.15) is 49.3 Å². The second kappa shape index (κ2) is 9.02. The van der Waals surface area contributed by atoms with Gasteiger partial charge in [0.1, 0.15) is 0 Å². The molecule has 29 heavy (non-hydrogen) atoms. The van der Waals surface area contributed by atoms with E-state index in [0.29, 0.717) is 18.0 Å². The van der Waals surface area contributed by atoms with Crippen LogP contribution in [-0.2, 0) is 4.79 Å². The Balaban J connectivity index is 1.38. The minimum absolute atomic E-state index is 0.112. The zero-order valence-electron chi connectivity index (χ0n) is 16.7. The number of rotatable bonds is 7. The monoisotopic (exact) mass is 405 g/mol. The van der Waals surface area contributed by atoms with Gasteiger partial charge in [0.25, 0.3) is 0 Å². The Hall–Kier alpha value is -2.30. The molecule has 1 fully saturated rings. The average molecular weight is 406 g/mol. The van der Waals surface area contributed by atoms with Crippen molar-refractivity contribution < 1.29 is 9.90 Å². The van der Waals surface area contributed by atoms with Crippen molar-refractivity contribution in [3.05, 3.63) is 77.9 Å². The third-order valence-corrected chi connectivity index (χ3v) is 6.92. The summed E-state index contributed by atoms with van der Waals surface area (Å²) in [6.45, 7) is 2.27. The van der Waals surface area contributed by atoms with Crippen LogP contribution in [0, 0.1) is 0 Å². The van der Waals surface area contributed by atoms with Gasteiger partial charge in [-0.25, -0.2) is 0 Å². The average Bonchev–Trinajstić information content (AvgIpc) is 3.20. The summed E-state index contributed by atoms with van der Waals surface area (Å²) in [5.74, 6) is -0.0873. The summed E-state index contributed by atoms with van der Waals surface area (Å²) in [5.41, 5.74) is 2.73. The van der Waals surface area contributed by atoms with E-state index in [1.54, 1.807) is 0 Å². The van der Waals surface area contributed by atoms with Crippen molar-refractivity contribution in [1.29, 1.82) is 0 Å². The SMILES string of the molecule is C[C@@H](NC1CCC(c2ccc(SCC(=O)O)cc2)C1)c1cccc2ccccc12. The van der Waals surface area contributed by atoms with Crippen molar-refractivity contribution in [3.63, 3.8) is 0 Å². The third-order valence-electron chi connectivity index (χ3n) is 5.92. The fraction of sp³-hybridized carbons (Fsp3) is 0.320. The van der Waals surface area contributed by atoms with Crippen molar-refractivity contribution in [2.24, 2.45) is 0 Å². The minimum Gasteiger partial charge on any atom is -0.481 e. The Morgan fingerprint density at radius 3 is 2.62 bits per heavy atom. The first-order valence-corrected chi connectivity index (χ1v) is 11.3. The fourth-order valence-electron chi connectivity index (χ4n) is 4.49. The molecule has 3 nitrogen and oxygen atoms in total. The van der Waals surface area contributed by atoms with Crippen LogP contribution in [0.25, 0.3) is 10.8 Å². The maximum Gasteiger partial charge on any atom is 0.313 e. The topological polar surface area (TPSA) is 49.3 Å². The molecule has 0 aromatic heterocycles. The van der Waals surface area contributed by atoms with Gasteiger partial charge in [0.2, 0.25) is 0 Å². The molecule has 1 aliphatic carbocycles. The molecule has 3 atom stereocenters. The van der Waals surface area contributed by atoms with Crippen LogP contribution in [0.2, 0.25) is 0 Å². The highest BCUT2D eigenvalue weighted by Crippen LogP contribution is 2.36. The van der Waals surface area contributed by atoms with Crippen LogP contribution < -0.4 is 5.32 Å². The minimum atomic E-state index is -0.774. The van der Waals surface area contributed by atoms with Gasteiger partial charge in [0.15, 0.2) is 0 Å². The van der Waals surface area contributed by atoms with E-state index in [9.17, 15) is 4.79 Å². The maximum atomic E-state index is 10.7. The van der Waals surface area contributed by atoms with Gasteiger partial charge in [0.05, 0.1) is 5.75 Å². The van der Waals surface area contributed by atoms with Gasteiger partial charge < -0.3 is 10.4 Å². The second-order valence-corrected chi connectivity index (χ2v) is 8.96. The zero-order chi connectivity index (χ0) is 20.2. The van der Waals surface area contributed by atoms with Crippen LogP contribution in [0.5, 0.6) is 0 Å². The van der Waals surface area contributed by atoms with Gasteiger partial charge in [0, 0.05) is 17.0 Å². The predicted molar refractivity (Wildman–Crippen MR) is 121 cm³/mol. The van der Waals surface area contributed by atoms with Crippen molar-refractivity contribution >= 4 is 28.5 Å². The lowest BCUT2D eigenvalue weighted by Gasteiger charge is -2.21. The molecule has 4 heteroatoms. The van der Waals surface area contributed by atoms with Crippen LogP contribution in [0.4, 0.5) is 0 Å². The standard InChI is InChI=1S/C25H27NO2S/c1-17(23-8-4-6-19-5-2-3-7-24(19)23)26-21-12-9-20(15-21)18-10-13-22(14-11-18)29-16-25(27)28/h2-8,10-11,13-14,17,20-21,26H,9,12,15-16H2,1H3,(H,27,28)/t17-,20?,21?/m1/s1. The highest BCUT2D eigenvalue weighted by molar-refractivity contribution is 8.00. The van der Waals surface area contributed by atoms with E-state index in [-0.39, 0.29) is 5.75 Å². The number of fused-ring (bicyclic) bond motifs is 1. The number of carboxylic acid groups (broad SMARTS) is 1. The molecular weight excluding hydrogens is 378 g/mol. The number of aliphatic carboxylic acids is 1. The number of benzene rings is 3. The van der Waals surface area contributed by atoms with Gasteiger partial charge in [-0.05, 0) is 66.1 Å². The number of carboxylic acids is 1. The summed E-state index contributed by atoms with van der Waals surface area (Å²) in [5, 5.41) is 15.3. The summed E-state index contributed by atoms with van der Waals surface area (Å²) in [6, 6.07) is 24.5. The zero-order valence-corrected chi connectivity index (χ0v) is 17.5. The van der Waals surface area contributed by atoms with Gasteiger partial charge >= 0.3 is 5.97 Å². The van der Waals surface area contributed by atoms with Crippen molar-refractivity contribution in [2.75, 3.05) is 5.75 Å². The van der Waals surface area contributed by atoms with E-state index in [1.807, 2.05) is 0 Å². The summed E-state index contributed by atoms with van der Waals surface area (Å²) < 4.78 is 0. The Morgan fingerprint density at radius 2 is 1.83 bits per heavy atom. The van der Waals surface area contributed by atoms with E-state index in [0.717, 1.165) is 11.3 Å². The summed E-state index contributed by atoms with van der Waals surface area (Å²) in [6.07, 6.45) is 3.54. The first-order valence-electron chi connectivity index (χ1n) is 10.3. The molecule has 3 aromatic rings. The molecule has 0 spiro atoms.